The van der Waals surface area contributed by atoms with Gasteiger partial charge in [0.05, 0.1) is 0 Å². The molecule has 1 fully saturated rings. The number of pyridine rings is 1. The molecule has 1 aliphatic rings. The second kappa shape index (κ2) is 7.87. The summed E-state index contributed by atoms with van der Waals surface area (Å²) in [6, 6.07) is 14.7. The van der Waals surface area contributed by atoms with Crippen LogP contribution in [-0.2, 0) is 6.54 Å². The quantitative estimate of drug-likeness (QED) is 0.845. The predicted molar refractivity (Wildman–Crippen MR) is 91.4 cm³/mol. The van der Waals surface area contributed by atoms with Gasteiger partial charge < -0.3 is 0 Å². The number of benzene rings is 1. The average Bonchev–Trinajstić information content (AvgIpc) is 2.58. The first kappa shape index (κ1) is 14.9. The van der Waals surface area contributed by atoms with Crippen molar-refractivity contribution in [3.63, 3.8) is 0 Å². The van der Waals surface area contributed by atoms with Gasteiger partial charge in [-0.2, -0.15) is 0 Å². The molecular formula is C19H23N3. The largest absolute Gasteiger partial charge is 0.297 e. The van der Waals surface area contributed by atoms with Gasteiger partial charge in [0.2, 0.25) is 0 Å². The van der Waals surface area contributed by atoms with Crippen molar-refractivity contribution in [2.45, 2.75) is 6.54 Å². The third-order valence-corrected chi connectivity index (χ3v) is 4.07. The summed E-state index contributed by atoms with van der Waals surface area (Å²) in [6.07, 6.45) is 8.28. The molecule has 0 bridgehead atoms. The van der Waals surface area contributed by atoms with E-state index in [1.165, 1.54) is 11.1 Å². The minimum Gasteiger partial charge on any atom is -0.297 e. The third-order valence-electron chi connectivity index (χ3n) is 4.07. The van der Waals surface area contributed by atoms with Gasteiger partial charge in [-0.15, -0.1) is 0 Å². The van der Waals surface area contributed by atoms with E-state index in [4.69, 9.17) is 0 Å². The molecule has 0 aliphatic carbocycles. The van der Waals surface area contributed by atoms with E-state index in [1.54, 1.807) is 0 Å². The maximum atomic E-state index is 4.19. The third kappa shape index (κ3) is 4.52. The van der Waals surface area contributed by atoms with Crippen LogP contribution >= 0.6 is 0 Å². The summed E-state index contributed by atoms with van der Waals surface area (Å²) in [6.45, 7) is 6.60. The first-order chi connectivity index (χ1) is 10.9. The van der Waals surface area contributed by atoms with Gasteiger partial charge in [-0.05, 0) is 17.2 Å². The number of piperazine rings is 1. The first-order valence-electron chi connectivity index (χ1n) is 7.95. The molecule has 3 nitrogen and oxygen atoms in total. The first-order valence-corrected chi connectivity index (χ1v) is 7.95. The Bertz CT molecular complexity index is 572. The highest BCUT2D eigenvalue weighted by Crippen LogP contribution is 2.08. The van der Waals surface area contributed by atoms with Crippen LogP contribution in [0, 0.1) is 0 Å². The molecule has 1 saturated heterocycles. The Kier molecular flexibility index (Phi) is 5.35. The van der Waals surface area contributed by atoms with Crippen LogP contribution in [0.2, 0.25) is 0 Å². The molecule has 0 radical (unpaired) electrons. The van der Waals surface area contributed by atoms with Crippen LogP contribution in [0.25, 0.3) is 6.08 Å². The van der Waals surface area contributed by atoms with Crippen LogP contribution in [0.3, 0.4) is 0 Å². The fourth-order valence-electron chi connectivity index (χ4n) is 2.78. The highest BCUT2D eigenvalue weighted by molar-refractivity contribution is 5.48. The summed E-state index contributed by atoms with van der Waals surface area (Å²) in [4.78, 5) is 9.21. The highest BCUT2D eigenvalue weighted by Gasteiger charge is 2.15. The van der Waals surface area contributed by atoms with Crippen LogP contribution < -0.4 is 0 Å². The van der Waals surface area contributed by atoms with Crippen molar-refractivity contribution in [1.82, 2.24) is 14.8 Å². The van der Waals surface area contributed by atoms with Gasteiger partial charge in [0.25, 0.3) is 0 Å². The van der Waals surface area contributed by atoms with Crippen LogP contribution in [0.1, 0.15) is 11.1 Å². The van der Waals surface area contributed by atoms with Gasteiger partial charge in [-0.1, -0.05) is 48.6 Å². The van der Waals surface area contributed by atoms with Crippen LogP contribution in [0.15, 0.2) is 60.9 Å². The van der Waals surface area contributed by atoms with Gasteiger partial charge in [0.15, 0.2) is 0 Å². The molecule has 1 aromatic heterocycles. The van der Waals surface area contributed by atoms with Gasteiger partial charge in [-0.25, -0.2) is 0 Å². The second-order valence-electron chi connectivity index (χ2n) is 5.75. The number of hydrogen-bond acceptors (Lipinski definition) is 3. The molecule has 0 saturated carbocycles. The lowest BCUT2D eigenvalue weighted by atomic mass is 10.2. The standard InChI is InChI=1S/C19H23N3/c1-2-6-18(7-3-1)9-5-11-21-12-14-22(15-13-21)17-19-8-4-10-20-16-19/h1-10,16H,11-15,17H2/b9-5+. The minimum absolute atomic E-state index is 1.02. The Morgan fingerprint density at radius 3 is 2.41 bits per heavy atom. The van der Waals surface area contributed by atoms with Crippen LogP contribution in [0.4, 0.5) is 0 Å². The van der Waals surface area contributed by atoms with E-state index in [0.29, 0.717) is 0 Å². The molecule has 0 amide bonds. The molecule has 2 aromatic rings. The van der Waals surface area contributed by atoms with Crippen molar-refractivity contribution in [3.05, 3.63) is 72.1 Å². The van der Waals surface area contributed by atoms with E-state index in [1.807, 2.05) is 18.5 Å². The normalized spacial score (nSPS) is 17.1. The molecule has 3 rings (SSSR count). The molecule has 0 N–H and O–H groups in total. The van der Waals surface area contributed by atoms with Gasteiger partial charge >= 0.3 is 0 Å². The number of nitrogens with zero attached hydrogens (tertiary/aromatic N) is 3. The lowest BCUT2D eigenvalue weighted by Gasteiger charge is -2.34. The fraction of sp³-hybridized carbons (Fsp3) is 0.316. The monoisotopic (exact) mass is 293 g/mol. The zero-order valence-corrected chi connectivity index (χ0v) is 12.9. The van der Waals surface area contributed by atoms with E-state index in [2.05, 4.69) is 63.3 Å². The molecule has 114 valence electrons. The average molecular weight is 293 g/mol. The minimum atomic E-state index is 1.02. The van der Waals surface area contributed by atoms with Crippen molar-refractivity contribution >= 4 is 6.08 Å². The van der Waals surface area contributed by atoms with Crippen molar-refractivity contribution in [2.24, 2.45) is 0 Å². The lowest BCUT2D eigenvalue weighted by Crippen LogP contribution is -2.45. The Balaban J connectivity index is 1.41. The topological polar surface area (TPSA) is 19.4 Å². The Morgan fingerprint density at radius 1 is 0.909 bits per heavy atom. The number of rotatable bonds is 5. The van der Waals surface area contributed by atoms with Crippen molar-refractivity contribution in [3.8, 4) is 0 Å². The fourth-order valence-corrected chi connectivity index (χ4v) is 2.78. The predicted octanol–water partition coefficient (Wildman–Crippen LogP) is 2.91. The Morgan fingerprint density at radius 2 is 1.68 bits per heavy atom. The summed E-state index contributed by atoms with van der Waals surface area (Å²) < 4.78 is 0. The Labute approximate surface area is 132 Å². The molecule has 1 aromatic carbocycles. The summed E-state index contributed by atoms with van der Waals surface area (Å²) >= 11 is 0. The highest BCUT2D eigenvalue weighted by atomic mass is 15.3. The summed E-state index contributed by atoms with van der Waals surface area (Å²) in [5.74, 6) is 0. The molecular weight excluding hydrogens is 270 g/mol. The maximum absolute atomic E-state index is 4.19. The smallest absolute Gasteiger partial charge is 0.0312 e. The van der Waals surface area contributed by atoms with Gasteiger partial charge in [-0.3, -0.25) is 14.8 Å². The molecule has 22 heavy (non-hydrogen) atoms. The molecule has 3 heteroatoms. The van der Waals surface area contributed by atoms with Gasteiger partial charge in [0.1, 0.15) is 0 Å². The summed E-state index contributed by atoms with van der Waals surface area (Å²) in [7, 11) is 0. The molecule has 0 atom stereocenters. The Hall–Kier alpha value is -1.97. The van der Waals surface area contributed by atoms with Crippen molar-refractivity contribution in [2.75, 3.05) is 32.7 Å². The van der Waals surface area contributed by atoms with E-state index >= 15 is 0 Å². The molecule has 0 unspecified atom stereocenters. The van der Waals surface area contributed by atoms with Crippen LogP contribution in [-0.4, -0.2) is 47.5 Å². The van der Waals surface area contributed by atoms with E-state index in [0.717, 1.165) is 39.3 Å². The van der Waals surface area contributed by atoms with Gasteiger partial charge in [0, 0.05) is 51.7 Å². The SMILES string of the molecule is C(=C\c1ccccc1)/CN1CCN(Cc2cccnc2)CC1. The summed E-state index contributed by atoms with van der Waals surface area (Å²) in [5.41, 5.74) is 2.58. The maximum Gasteiger partial charge on any atom is 0.0312 e. The second-order valence-corrected chi connectivity index (χ2v) is 5.75. The van der Waals surface area contributed by atoms with E-state index < -0.39 is 0 Å². The lowest BCUT2D eigenvalue weighted by molar-refractivity contribution is 0.137. The van der Waals surface area contributed by atoms with E-state index in [-0.39, 0.29) is 0 Å². The zero-order valence-electron chi connectivity index (χ0n) is 12.9. The number of aromatic nitrogens is 1. The van der Waals surface area contributed by atoms with Crippen molar-refractivity contribution in [1.29, 1.82) is 0 Å². The summed E-state index contributed by atoms with van der Waals surface area (Å²) in [5, 5.41) is 0. The van der Waals surface area contributed by atoms with Crippen molar-refractivity contribution < 1.29 is 0 Å². The number of hydrogen-bond donors (Lipinski definition) is 0. The molecule has 0 spiro atoms. The van der Waals surface area contributed by atoms with Crippen LogP contribution in [0.5, 0.6) is 0 Å². The molecule has 1 aliphatic heterocycles. The zero-order chi connectivity index (χ0) is 15.0. The van der Waals surface area contributed by atoms with E-state index in [9.17, 15) is 0 Å². The molecule has 2 heterocycles.